The molecule has 10 aromatic carbocycles. The van der Waals surface area contributed by atoms with Crippen molar-refractivity contribution in [3.63, 3.8) is 0 Å². The van der Waals surface area contributed by atoms with Gasteiger partial charge in [-0.2, -0.15) is 0 Å². The number of benzene rings is 10. The van der Waals surface area contributed by atoms with Crippen molar-refractivity contribution in [3.8, 4) is 39.1 Å². The molecule has 0 amide bonds. The van der Waals surface area contributed by atoms with Crippen molar-refractivity contribution >= 4 is 81.1 Å². The zero-order chi connectivity index (χ0) is 40.3. The molecular weight excluding hydrogens is 757 g/mol. The highest BCUT2D eigenvalue weighted by molar-refractivity contribution is 7.26. The van der Waals surface area contributed by atoms with Crippen LogP contribution in [0.15, 0.2) is 231 Å². The zero-order valence-electron chi connectivity index (χ0n) is 33.2. The number of nitrogens with zero attached hydrogens (tertiary/aromatic N) is 2. The van der Waals surface area contributed by atoms with E-state index >= 15 is 0 Å². The maximum atomic E-state index is 2.49. The molecule has 3 heteroatoms. The number of para-hydroxylation sites is 4. The molecule has 0 aliphatic rings. The standard InChI is InChI=1S/C58H38N2S/c1-4-17-39(18-5-1)40-33-35-41(36-34-40)56-47(49-28-14-29-50-51-37-42-19-10-11-20-43(42)38-55(51)61-58(49)50)26-15-31-53(56)59(44-21-6-2-7-22-44)54-32-16-27-48-46-25-12-13-30-52(46)60(57(48)54)45-23-8-3-9-24-45/h1-38H. The summed E-state index contributed by atoms with van der Waals surface area (Å²) in [5.74, 6) is 0. The molecule has 286 valence electrons. The summed E-state index contributed by atoms with van der Waals surface area (Å²) in [4.78, 5) is 2.49. The molecule has 2 aromatic heterocycles. The van der Waals surface area contributed by atoms with E-state index in [1.54, 1.807) is 0 Å². The maximum absolute atomic E-state index is 2.49. The van der Waals surface area contributed by atoms with Crippen LogP contribution in [0.5, 0.6) is 0 Å². The smallest absolute Gasteiger partial charge is 0.0782 e. The number of fused-ring (bicyclic) bond motifs is 7. The van der Waals surface area contributed by atoms with Crippen molar-refractivity contribution in [2.75, 3.05) is 4.90 Å². The molecular formula is C58H38N2S. The number of thiophene rings is 1. The van der Waals surface area contributed by atoms with Crippen molar-refractivity contribution in [3.05, 3.63) is 231 Å². The number of hydrogen-bond acceptors (Lipinski definition) is 2. The highest BCUT2D eigenvalue weighted by Crippen LogP contribution is 2.51. The number of aromatic nitrogens is 1. The third kappa shape index (κ3) is 5.85. The van der Waals surface area contributed by atoms with Gasteiger partial charge in [-0.3, -0.25) is 0 Å². The van der Waals surface area contributed by atoms with Crippen LogP contribution in [-0.4, -0.2) is 4.57 Å². The Kier molecular flexibility index (Phi) is 8.39. The highest BCUT2D eigenvalue weighted by Gasteiger charge is 2.26. The number of hydrogen-bond donors (Lipinski definition) is 0. The molecule has 61 heavy (non-hydrogen) atoms. The Hall–Kier alpha value is -7.72. The molecule has 2 nitrogen and oxygen atoms in total. The second kappa shape index (κ2) is 14.5. The van der Waals surface area contributed by atoms with Gasteiger partial charge in [-0.15, -0.1) is 11.3 Å². The first kappa shape index (κ1) is 35.2. The SMILES string of the molecule is c1ccc(-c2ccc(-c3c(-c4cccc5c4sc4cc6ccccc6cc45)cccc3N(c3ccccc3)c3cccc4c5ccccc5n(-c5ccccc5)c34)cc2)cc1. The van der Waals surface area contributed by atoms with Crippen LogP contribution in [0.1, 0.15) is 0 Å². The first-order chi connectivity index (χ1) is 30.3. The predicted octanol–water partition coefficient (Wildman–Crippen LogP) is 16.8. The van der Waals surface area contributed by atoms with Gasteiger partial charge < -0.3 is 9.47 Å². The molecule has 2 heterocycles. The Balaban J connectivity index is 1.17. The molecule has 0 radical (unpaired) electrons. The summed E-state index contributed by atoms with van der Waals surface area (Å²) >= 11 is 1.90. The Bertz CT molecular complexity index is 3570. The van der Waals surface area contributed by atoms with Gasteiger partial charge in [0.2, 0.25) is 0 Å². The Morgan fingerprint density at radius 3 is 1.75 bits per heavy atom. The minimum Gasteiger partial charge on any atom is -0.308 e. The summed E-state index contributed by atoms with van der Waals surface area (Å²) in [6.45, 7) is 0. The molecule has 0 spiro atoms. The van der Waals surface area contributed by atoms with Crippen molar-refractivity contribution in [1.82, 2.24) is 4.57 Å². The fourth-order valence-electron chi connectivity index (χ4n) is 9.42. The first-order valence-corrected chi connectivity index (χ1v) is 21.7. The van der Waals surface area contributed by atoms with Gasteiger partial charge in [-0.05, 0) is 87.6 Å². The zero-order valence-corrected chi connectivity index (χ0v) is 34.1. The lowest BCUT2D eigenvalue weighted by Crippen LogP contribution is -2.13. The van der Waals surface area contributed by atoms with Crippen LogP contribution in [-0.2, 0) is 0 Å². The molecule has 0 aliphatic heterocycles. The summed E-state index contributed by atoms with van der Waals surface area (Å²) < 4.78 is 5.04. The van der Waals surface area contributed by atoms with E-state index in [-0.39, 0.29) is 0 Å². The van der Waals surface area contributed by atoms with E-state index in [0.717, 1.165) is 33.8 Å². The van der Waals surface area contributed by atoms with Crippen molar-refractivity contribution < 1.29 is 0 Å². The topological polar surface area (TPSA) is 8.17 Å². The average Bonchev–Trinajstić information content (AvgIpc) is 3.87. The van der Waals surface area contributed by atoms with Crippen LogP contribution in [0, 0.1) is 0 Å². The van der Waals surface area contributed by atoms with E-state index < -0.39 is 0 Å². The van der Waals surface area contributed by atoms with Gasteiger partial charge in [0.15, 0.2) is 0 Å². The molecule has 0 aliphatic carbocycles. The number of rotatable bonds is 7. The molecule has 12 aromatic rings. The molecule has 0 bridgehead atoms. The van der Waals surface area contributed by atoms with E-state index in [0.29, 0.717) is 0 Å². The van der Waals surface area contributed by atoms with Crippen molar-refractivity contribution in [1.29, 1.82) is 0 Å². The largest absolute Gasteiger partial charge is 0.308 e. The third-order valence-electron chi connectivity index (χ3n) is 12.2. The fourth-order valence-corrected chi connectivity index (χ4v) is 10.7. The summed E-state index contributed by atoms with van der Waals surface area (Å²) in [5.41, 5.74) is 13.9. The molecule has 0 atom stereocenters. The Morgan fingerprint density at radius 1 is 0.377 bits per heavy atom. The van der Waals surface area contributed by atoms with Crippen LogP contribution in [0.25, 0.3) is 91.8 Å². The van der Waals surface area contributed by atoms with Gasteiger partial charge in [0, 0.05) is 53.4 Å². The highest BCUT2D eigenvalue weighted by atomic mass is 32.1. The van der Waals surface area contributed by atoms with Crippen LogP contribution in [0.4, 0.5) is 17.1 Å². The minimum absolute atomic E-state index is 1.09. The normalized spacial score (nSPS) is 11.6. The lowest BCUT2D eigenvalue weighted by atomic mass is 9.90. The van der Waals surface area contributed by atoms with Gasteiger partial charge in [-0.25, -0.2) is 0 Å². The quantitative estimate of drug-likeness (QED) is 0.156. The van der Waals surface area contributed by atoms with E-state index in [4.69, 9.17) is 0 Å². The van der Waals surface area contributed by atoms with Gasteiger partial charge in [0.1, 0.15) is 0 Å². The molecule has 0 saturated heterocycles. The number of anilines is 3. The monoisotopic (exact) mass is 794 g/mol. The van der Waals surface area contributed by atoms with Crippen LogP contribution in [0.3, 0.4) is 0 Å². The molecule has 12 rings (SSSR count). The van der Waals surface area contributed by atoms with Gasteiger partial charge in [-0.1, -0.05) is 176 Å². The molecule has 0 unspecified atom stereocenters. The maximum Gasteiger partial charge on any atom is 0.0782 e. The average molecular weight is 795 g/mol. The lowest BCUT2D eigenvalue weighted by Gasteiger charge is -2.30. The van der Waals surface area contributed by atoms with Crippen LogP contribution < -0.4 is 4.90 Å². The summed E-state index contributed by atoms with van der Waals surface area (Å²) in [6.07, 6.45) is 0. The Morgan fingerprint density at radius 2 is 0.951 bits per heavy atom. The predicted molar refractivity (Wildman–Crippen MR) is 262 cm³/mol. The van der Waals surface area contributed by atoms with Crippen molar-refractivity contribution in [2.24, 2.45) is 0 Å². The van der Waals surface area contributed by atoms with E-state index in [9.17, 15) is 0 Å². The lowest BCUT2D eigenvalue weighted by molar-refractivity contribution is 1.17. The van der Waals surface area contributed by atoms with E-state index in [2.05, 4.69) is 240 Å². The summed E-state index contributed by atoms with van der Waals surface area (Å²) in [7, 11) is 0. The van der Waals surface area contributed by atoms with Gasteiger partial charge >= 0.3 is 0 Å². The summed E-state index contributed by atoms with van der Waals surface area (Å²) in [5, 5.41) is 7.57. The molecule has 0 saturated carbocycles. The molecule has 0 N–H and O–H groups in total. The third-order valence-corrected chi connectivity index (χ3v) is 13.4. The Labute approximate surface area is 358 Å². The van der Waals surface area contributed by atoms with Gasteiger partial charge in [0.05, 0.1) is 22.4 Å². The first-order valence-electron chi connectivity index (χ1n) is 20.8. The van der Waals surface area contributed by atoms with Gasteiger partial charge in [0.25, 0.3) is 0 Å². The van der Waals surface area contributed by atoms with Crippen LogP contribution >= 0.6 is 11.3 Å². The molecule has 0 fully saturated rings. The van der Waals surface area contributed by atoms with Crippen LogP contribution in [0.2, 0.25) is 0 Å². The van der Waals surface area contributed by atoms with E-state index in [1.165, 1.54) is 75.1 Å². The minimum atomic E-state index is 1.09. The second-order valence-electron chi connectivity index (χ2n) is 15.7. The van der Waals surface area contributed by atoms with E-state index in [1.807, 2.05) is 11.3 Å². The fraction of sp³-hybridized carbons (Fsp3) is 0. The van der Waals surface area contributed by atoms with Crippen molar-refractivity contribution in [2.45, 2.75) is 0 Å². The second-order valence-corrected chi connectivity index (χ2v) is 16.7. The summed E-state index contributed by atoms with van der Waals surface area (Å²) in [6, 6.07) is 84.2.